The standard InChI is InChI=1S/C7H13NO2.C3H9NO/c1-8-7(10)5-3-2-4-6-9;1-4-2-3-5/h6H,2-5H2,1H3,(H,8,10);4-5H,2-3H2,1H3. The molecule has 0 aromatic carbocycles. The maximum atomic E-state index is 10.6. The van der Waals surface area contributed by atoms with E-state index < -0.39 is 0 Å². The summed E-state index contributed by atoms with van der Waals surface area (Å²) in [4.78, 5) is 20.4. The van der Waals surface area contributed by atoms with Gasteiger partial charge in [-0.25, -0.2) is 0 Å². The third kappa shape index (κ3) is 19.5. The molecule has 0 aromatic rings. The summed E-state index contributed by atoms with van der Waals surface area (Å²) >= 11 is 0. The SMILES string of the molecule is CNC(=O)CCCCC=O.CNCCO. The monoisotopic (exact) mass is 218 g/mol. The highest BCUT2D eigenvalue weighted by Crippen LogP contribution is 1.96. The number of rotatable bonds is 7. The van der Waals surface area contributed by atoms with Crippen molar-refractivity contribution in [3.8, 4) is 0 Å². The second-order valence-corrected chi connectivity index (χ2v) is 2.91. The number of aliphatic hydroxyl groups excluding tert-OH is 1. The van der Waals surface area contributed by atoms with E-state index in [1.54, 1.807) is 14.1 Å². The summed E-state index contributed by atoms with van der Waals surface area (Å²) in [6.45, 7) is 0.927. The molecular formula is C10H22N2O3. The van der Waals surface area contributed by atoms with Crippen molar-refractivity contribution in [2.45, 2.75) is 25.7 Å². The van der Waals surface area contributed by atoms with Crippen LogP contribution in [0.25, 0.3) is 0 Å². The van der Waals surface area contributed by atoms with Gasteiger partial charge in [0.05, 0.1) is 6.61 Å². The number of likely N-dealkylation sites (N-methyl/N-ethyl adjacent to an activating group) is 1. The number of hydrogen-bond donors (Lipinski definition) is 3. The first-order valence-corrected chi connectivity index (χ1v) is 5.12. The Hall–Kier alpha value is -0.940. The maximum absolute atomic E-state index is 10.6. The molecule has 0 aliphatic carbocycles. The van der Waals surface area contributed by atoms with Gasteiger partial charge < -0.3 is 20.5 Å². The molecule has 0 aliphatic rings. The molecule has 0 radical (unpaired) electrons. The van der Waals surface area contributed by atoms with Gasteiger partial charge in [0, 0.05) is 26.4 Å². The van der Waals surface area contributed by atoms with Gasteiger partial charge in [-0.15, -0.1) is 0 Å². The minimum absolute atomic E-state index is 0.0471. The third-order valence-electron chi connectivity index (χ3n) is 1.62. The van der Waals surface area contributed by atoms with Gasteiger partial charge in [0.25, 0.3) is 0 Å². The van der Waals surface area contributed by atoms with E-state index in [-0.39, 0.29) is 12.5 Å². The predicted molar refractivity (Wildman–Crippen MR) is 59.6 cm³/mol. The summed E-state index contributed by atoms with van der Waals surface area (Å²) in [6, 6.07) is 0. The number of carbonyl (C=O) groups excluding carboxylic acids is 2. The number of carbonyl (C=O) groups is 2. The van der Waals surface area contributed by atoms with E-state index in [9.17, 15) is 9.59 Å². The highest BCUT2D eigenvalue weighted by atomic mass is 16.3. The minimum Gasteiger partial charge on any atom is -0.395 e. The van der Waals surface area contributed by atoms with Gasteiger partial charge in [-0.05, 0) is 19.9 Å². The van der Waals surface area contributed by atoms with Crippen LogP contribution in [0.1, 0.15) is 25.7 Å². The zero-order valence-electron chi connectivity index (χ0n) is 9.58. The molecule has 0 rings (SSSR count). The molecule has 5 heteroatoms. The molecule has 0 spiro atoms. The van der Waals surface area contributed by atoms with Crippen LogP contribution in [0.5, 0.6) is 0 Å². The number of aldehydes is 1. The topological polar surface area (TPSA) is 78.4 Å². The fourth-order valence-corrected chi connectivity index (χ4v) is 0.750. The lowest BCUT2D eigenvalue weighted by atomic mass is 10.2. The lowest BCUT2D eigenvalue weighted by Crippen LogP contribution is -2.16. The van der Waals surface area contributed by atoms with Crippen molar-refractivity contribution in [3.63, 3.8) is 0 Å². The molecule has 0 saturated carbocycles. The van der Waals surface area contributed by atoms with E-state index in [0.29, 0.717) is 19.4 Å². The minimum atomic E-state index is 0.0471. The normalized spacial score (nSPS) is 8.73. The second kappa shape index (κ2) is 15.5. The van der Waals surface area contributed by atoms with E-state index in [1.807, 2.05) is 0 Å². The maximum Gasteiger partial charge on any atom is 0.219 e. The summed E-state index contributed by atoms with van der Waals surface area (Å²) < 4.78 is 0. The van der Waals surface area contributed by atoms with Crippen LogP contribution in [-0.4, -0.2) is 44.5 Å². The molecule has 1 amide bonds. The number of hydrogen-bond acceptors (Lipinski definition) is 4. The van der Waals surface area contributed by atoms with Crippen LogP contribution in [-0.2, 0) is 9.59 Å². The quantitative estimate of drug-likeness (QED) is 0.404. The Morgan fingerprint density at radius 3 is 2.33 bits per heavy atom. The predicted octanol–water partition coefficient (Wildman–Crippen LogP) is -0.310. The zero-order chi connectivity index (χ0) is 11.9. The third-order valence-corrected chi connectivity index (χ3v) is 1.62. The van der Waals surface area contributed by atoms with Gasteiger partial charge in [0.1, 0.15) is 6.29 Å². The molecule has 0 unspecified atom stereocenters. The van der Waals surface area contributed by atoms with Crippen molar-refractivity contribution in [2.75, 3.05) is 27.2 Å². The number of amides is 1. The average molecular weight is 218 g/mol. The molecule has 0 aliphatic heterocycles. The summed E-state index contributed by atoms with van der Waals surface area (Å²) in [7, 11) is 3.41. The van der Waals surface area contributed by atoms with Crippen LogP contribution in [0.15, 0.2) is 0 Å². The first-order chi connectivity index (χ1) is 7.22. The molecule has 3 N–H and O–H groups in total. The Morgan fingerprint density at radius 1 is 1.33 bits per heavy atom. The fraction of sp³-hybridized carbons (Fsp3) is 0.800. The van der Waals surface area contributed by atoms with Gasteiger partial charge in [0.2, 0.25) is 5.91 Å². The average Bonchev–Trinajstić information content (AvgIpc) is 2.26. The highest BCUT2D eigenvalue weighted by Gasteiger charge is 1.95. The molecule has 0 bridgehead atoms. The smallest absolute Gasteiger partial charge is 0.219 e. The lowest BCUT2D eigenvalue weighted by Gasteiger charge is -1.95. The van der Waals surface area contributed by atoms with Crippen molar-refractivity contribution in [1.82, 2.24) is 10.6 Å². The summed E-state index contributed by atoms with van der Waals surface area (Å²) in [5, 5.41) is 13.3. The van der Waals surface area contributed by atoms with E-state index in [1.165, 1.54) is 0 Å². The van der Waals surface area contributed by atoms with Crippen LogP contribution in [0.2, 0.25) is 0 Å². The fourth-order valence-electron chi connectivity index (χ4n) is 0.750. The molecule has 0 atom stereocenters. The van der Waals surface area contributed by atoms with Crippen molar-refractivity contribution < 1.29 is 14.7 Å². The highest BCUT2D eigenvalue weighted by molar-refractivity contribution is 5.75. The van der Waals surface area contributed by atoms with Crippen LogP contribution in [0.4, 0.5) is 0 Å². The largest absolute Gasteiger partial charge is 0.395 e. The van der Waals surface area contributed by atoms with Crippen LogP contribution < -0.4 is 10.6 Å². The Morgan fingerprint density at radius 2 is 2.00 bits per heavy atom. The first-order valence-electron chi connectivity index (χ1n) is 5.12. The molecule has 0 aromatic heterocycles. The Balaban J connectivity index is 0. The number of nitrogens with one attached hydrogen (secondary N) is 2. The van der Waals surface area contributed by atoms with Gasteiger partial charge >= 0.3 is 0 Å². The lowest BCUT2D eigenvalue weighted by molar-refractivity contribution is -0.120. The van der Waals surface area contributed by atoms with Crippen LogP contribution in [0, 0.1) is 0 Å². The molecule has 0 saturated heterocycles. The second-order valence-electron chi connectivity index (χ2n) is 2.91. The van der Waals surface area contributed by atoms with E-state index in [0.717, 1.165) is 19.1 Å². The van der Waals surface area contributed by atoms with E-state index in [4.69, 9.17) is 5.11 Å². The number of aliphatic hydroxyl groups is 1. The summed E-state index contributed by atoms with van der Waals surface area (Å²) in [6.07, 6.45) is 3.60. The molecule has 90 valence electrons. The molecule has 0 heterocycles. The molecule has 5 nitrogen and oxygen atoms in total. The van der Waals surface area contributed by atoms with E-state index in [2.05, 4.69) is 10.6 Å². The van der Waals surface area contributed by atoms with Crippen molar-refractivity contribution in [1.29, 1.82) is 0 Å². The number of unbranched alkanes of at least 4 members (excludes halogenated alkanes) is 2. The zero-order valence-corrected chi connectivity index (χ0v) is 9.58. The Bertz CT molecular complexity index is 150. The molecule has 15 heavy (non-hydrogen) atoms. The van der Waals surface area contributed by atoms with Gasteiger partial charge in [0.15, 0.2) is 0 Å². The van der Waals surface area contributed by atoms with Crippen molar-refractivity contribution >= 4 is 12.2 Å². The molecule has 0 fully saturated rings. The van der Waals surface area contributed by atoms with Gasteiger partial charge in [-0.3, -0.25) is 4.79 Å². The van der Waals surface area contributed by atoms with E-state index >= 15 is 0 Å². The summed E-state index contributed by atoms with van der Waals surface area (Å²) in [5.74, 6) is 0.0471. The van der Waals surface area contributed by atoms with Crippen molar-refractivity contribution in [2.24, 2.45) is 0 Å². The summed E-state index contributed by atoms with van der Waals surface area (Å²) in [5.41, 5.74) is 0. The van der Waals surface area contributed by atoms with Gasteiger partial charge in [-0.2, -0.15) is 0 Å². The van der Waals surface area contributed by atoms with Gasteiger partial charge in [-0.1, -0.05) is 0 Å². The van der Waals surface area contributed by atoms with Crippen LogP contribution >= 0.6 is 0 Å². The Labute approximate surface area is 91.2 Å². The van der Waals surface area contributed by atoms with Crippen LogP contribution in [0.3, 0.4) is 0 Å². The van der Waals surface area contributed by atoms with Crippen molar-refractivity contribution in [3.05, 3.63) is 0 Å². The molecular weight excluding hydrogens is 196 g/mol. The first kappa shape index (κ1) is 16.5. The Kier molecular flexibility index (Phi) is 17.1.